The van der Waals surface area contributed by atoms with Gasteiger partial charge in [0.15, 0.2) is 0 Å². The molecule has 0 aliphatic rings. The minimum Gasteiger partial charge on any atom is -0.385 e. The second kappa shape index (κ2) is 7.54. The van der Waals surface area contributed by atoms with Gasteiger partial charge >= 0.3 is 0 Å². The number of methoxy groups -OCH3 is 1. The zero-order valence-electron chi connectivity index (χ0n) is 7.35. The number of nitrogens with one attached hydrogen (secondary N) is 1. The molecule has 0 unspecified atom stereocenters. The predicted octanol–water partition coefficient (Wildman–Crippen LogP) is 0.939. The van der Waals surface area contributed by atoms with E-state index in [0.29, 0.717) is 6.42 Å². The molecule has 0 aromatic carbocycles. The largest absolute Gasteiger partial charge is 0.385 e. The lowest BCUT2D eigenvalue weighted by Gasteiger charge is -1.99. The number of rotatable bonds is 6. The summed E-state index contributed by atoms with van der Waals surface area (Å²) in [4.78, 5) is 10.7. The number of hydrogen-bond acceptors (Lipinski definition) is 2. The van der Waals surface area contributed by atoms with Crippen LogP contribution in [0.1, 0.15) is 25.7 Å². The quantitative estimate of drug-likeness (QED) is 0.586. The van der Waals surface area contributed by atoms with Crippen LogP contribution in [0.3, 0.4) is 0 Å². The highest BCUT2D eigenvalue weighted by atomic mass is 16.5. The zero-order valence-corrected chi connectivity index (χ0v) is 7.35. The summed E-state index contributed by atoms with van der Waals surface area (Å²) in [6, 6.07) is 0. The van der Waals surface area contributed by atoms with Crippen LogP contribution in [-0.4, -0.2) is 26.7 Å². The lowest BCUT2D eigenvalue weighted by molar-refractivity contribution is -0.120. The van der Waals surface area contributed by atoms with Crippen molar-refractivity contribution in [3.63, 3.8) is 0 Å². The van der Waals surface area contributed by atoms with Gasteiger partial charge in [-0.15, -0.1) is 0 Å². The third-order valence-corrected chi connectivity index (χ3v) is 1.53. The summed E-state index contributed by atoms with van der Waals surface area (Å²) in [5.41, 5.74) is 0. The number of unbranched alkanes of at least 4 members (excludes halogenated alkanes) is 2. The van der Waals surface area contributed by atoms with Gasteiger partial charge in [0.25, 0.3) is 0 Å². The molecule has 0 aliphatic heterocycles. The van der Waals surface area contributed by atoms with Crippen LogP contribution in [0.25, 0.3) is 0 Å². The molecule has 3 nitrogen and oxygen atoms in total. The third kappa shape index (κ3) is 7.33. The first-order valence-electron chi connectivity index (χ1n) is 4.00. The highest BCUT2D eigenvalue weighted by molar-refractivity contribution is 5.75. The average molecular weight is 159 g/mol. The van der Waals surface area contributed by atoms with Crippen molar-refractivity contribution in [2.45, 2.75) is 25.7 Å². The van der Waals surface area contributed by atoms with Crippen molar-refractivity contribution in [2.75, 3.05) is 20.8 Å². The summed E-state index contributed by atoms with van der Waals surface area (Å²) in [6.45, 7) is 0.799. The topological polar surface area (TPSA) is 38.3 Å². The van der Waals surface area contributed by atoms with Gasteiger partial charge in [-0.3, -0.25) is 4.79 Å². The van der Waals surface area contributed by atoms with Crippen LogP contribution >= 0.6 is 0 Å². The van der Waals surface area contributed by atoms with Crippen molar-refractivity contribution in [1.29, 1.82) is 0 Å². The van der Waals surface area contributed by atoms with Gasteiger partial charge in [-0.2, -0.15) is 0 Å². The molecule has 0 atom stereocenters. The molecule has 0 radical (unpaired) electrons. The van der Waals surface area contributed by atoms with E-state index < -0.39 is 0 Å². The zero-order chi connectivity index (χ0) is 8.53. The monoisotopic (exact) mass is 159 g/mol. The fourth-order valence-corrected chi connectivity index (χ4v) is 0.834. The summed E-state index contributed by atoms with van der Waals surface area (Å²) in [5.74, 6) is 0.127. The molecule has 0 aromatic heterocycles. The van der Waals surface area contributed by atoms with E-state index in [4.69, 9.17) is 4.74 Å². The molecule has 0 saturated carbocycles. The molecule has 0 saturated heterocycles. The highest BCUT2D eigenvalue weighted by Crippen LogP contribution is 1.98. The minimum atomic E-state index is 0.127. The minimum absolute atomic E-state index is 0.127. The maximum Gasteiger partial charge on any atom is 0.219 e. The van der Waals surface area contributed by atoms with Crippen LogP contribution in [0.5, 0.6) is 0 Å². The van der Waals surface area contributed by atoms with Gasteiger partial charge in [0.2, 0.25) is 5.91 Å². The Balaban J connectivity index is 2.95. The van der Waals surface area contributed by atoms with Crippen molar-refractivity contribution in [2.24, 2.45) is 0 Å². The van der Waals surface area contributed by atoms with Crippen LogP contribution < -0.4 is 5.32 Å². The molecular formula is C8H17NO2. The SMILES string of the molecule is CNC(=O)CCCCCOC. The van der Waals surface area contributed by atoms with E-state index in [1.54, 1.807) is 14.2 Å². The first kappa shape index (κ1) is 10.4. The Hall–Kier alpha value is -0.570. The molecular weight excluding hydrogens is 142 g/mol. The number of ether oxygens (including phenoxy) is 1. The number of hydrogen-bond donors (Lipinski definition) is 1. The third-order valence-electron chi connectivity index (χ3n) is 1.53. The van der Waals surface area contributed by atoms with E-state index in [0.717, 1.165) is 25.9 Å². The molecule has 0 bridgehead atoms. The standard InChI is InChI=1S/C8H17NO2/c1-9-8(10)6-4-3-5-7-11-2/h3-7H2,1-2H3,(H,9,10). The van der Waals surface area contributed by atoms with Crippen molar-refractivity contribution in [3.05, 3.63) is 0 Å². The molecule has 0 aromatic rings. The molecule has 0 rings (SSSR count). The maximum absolute atomic E-state index is 10.7. The Morgan fingerprint density at radius 1 is 1.36 bits per heavy atom. The average Bonchev–Trinajstić information content (AvgIpc) is 2.04. The Bertz CT molecular complexity index is 104. The molecule has 0 spiro atoms. The van der Waals surface area contributed by atoms with Crippen LogP contribution in [-0.2, 0) is 9.53 Å². The van der Waals surface area contributed by atoms with Gasteiger partial charge in [-0.25, -0.2) is 0 Å². The second-order valence-corrected chi connectivity index (χ2v) is 2.48. The van der Waals surface area contributed by atoms with Crippen LogP contribution in [0.15, 0.2) is 0 Å². The fraction of sp³-hybridized carbons (Fsp3) is 0.875. The Labute approximate surface area is 68.1 Å². The lowest BCUT2D eigenvalue weighted by Crippen LogP contribution is -2.16. The summed E-state index contributed by atoms with van der Waals surface area (Å²) < 4.78 is 4.87. The number of amides is 1. The van der Waals surface area contributed by atoms with Crippen LogP contribution in [0, 0.1) is 0 Å². The van der Waals surface area contributed by atoms with Gasteiger partial charge < -0.3 is 10.1 Å². The highest BCUT2D eigenvalue weighted by Gasteiger charge is 1.95. The number of carbonyl (C=O) groups is 1. The van der Waals surface area contributed by atoms with Crippen molar-refractivity contribution >= 4 is 5.91 Å². The van der Waals surface area contributed by atoms with Crippen LogP contribution in [0.2, 0.25) is 0 Å². The molecule has 0 aliphatic carbocycles. The van der Waals surface area contributed by atoms with Crippen LogP contribution in [0.4, 0.5) is 0 Å². The summed E-state index contributed by atoms with van der Waals surface area (Å²) in [5, 5.41) is 2.59. The molecule has 1 amide bonds. The molecule has 3 heteroatoms. The van der Waals surface area contributed by atoms with E-state index in [1.165, 1.54) is 0 Å². The first-order chi connectivity index (χ1) is 5.31. The molecule has 0 heterocycles. The summed E-state index contributed by atoms with van der Waals surface area (Å²) in [7, 11) is 3.36. The maximum atomic E-state index is 10.7. The number of carbonyl (C=O) groups excluding carboxylic acids is 1. The van der Waals surface area contributed by atoms with Crippen molar-refractivity contribution in [1.82, 2.24) is 5.32 Å². The van der Waals surface area contributed by atoms with E-state index in [9.17, 15) is 4.79 Å². The van der Waals surface area contributed by atoms with Gasteiger partial charge in [0.1, 0.15) is 0 Å². The smallest absolute Gasteiger partial charge is 0.219 e. The molecule has 66 valence electrons. The van der Waals surface area contributed by atoms with Gasteiger partial charge in [0.05, 0.1) is 0 Å². The van der Waals surface area contributed by atoms with E-state index in [1.807, 2.05) is 0 Å². The van der Waals surface area contributed by atoms with E-state index >= 15 is 0 Å². The Morgan fingerprint density at radius 2 is 2.09 bits per heavy atom. The normalized spacial score (nSPS) is 9.64. The fourth-order valence-electron chi connectivity index (χ4n) is 0.834. The predicted molar refractivity (Wildman–Crippen MR) is 44.4 cm³/mol. The summed E-state index contributed by atoms with van der Waals surface area (Å²) in [6.07, 6.45) is 3.72. The Kier molecular flexibility index (Phi) is 7.15. The first-order valence-corrected chi connectivity index (χ1v) is 4.00. The van der Waals surface area contributed by atoms with E-state index in [2.05, 4.69) is 5.32 Å². The summed E-state index contributed by atoms with van der Waals surface area (Å²) >= 11 is 0. The van der Waals surface area contributed by atoms with Gasteiger partial charge in [0, 0.05) is 27.2 Å². The Morgan fingerprint density at radius 3 is 2.64 bits per heavy atom. The van der Waals surface area contributed by atoms with E-state index in [-0.39, 0.29) is 5.91 Å². The lowest BCUT2D eigenvalue weighted by atomic mass is 10.2. The molecule has 11 heavy (non-hydrogen) atoms. The van der Waals surface area contributed by atoms with Crippen molar-refractivity contribution < 1.29 is 9.53 Å². The second-order valence-electron chi connectivity index (χ2n) is 2.48. The van der Waals surface area contributed by atoms with Crippen molar-refractivity contribution in [3.8, 4) is 0 Å². The van der Waals surface area contributed by atoms with Gasteiger partial charge in [-0.05, 0) is 12.8 Å². The van der Waals surface area contributed by atoms with Gasteiger partial charge in [-0.1, -0.05) is 6.42 Å². The molecule has 0 fully saturated rings. The molecule has 1 N–H and O–H groups in total.